The topological polar surface area (TPSA) is 110 Å². The van der Waals surface area contributed by atoms with E-state index >= 15 is 0 Å². The minimum Gasteiger partial charge on any atom is -0.481 e. The highest BCUT2D eigenvalue weighted by molar-refractivity contribution is 5.86. The van der Waals surface area contributed by atoms with Gasteiger partial charge >= 0.3 is 18.0 Å². The first kappa shape index (κ1) is 15.6. The lowest BCUT2D eigenvalue weighted by Crippen LogP contribution is -2.48. The van der Waals surface area contributed by atoms with Crippen LogP contribution in [0, 0.1) is 0 Å². The molecule has 2 saturated heterocycles. The Balaban J connectivity index is 1.85. The van der Waals surface area contributed by atoms with Crippen molar-refractivity contribution in [3.8, 4) is 0 Å². The van der Waals surface area contributed by atoms with Gasteiger partial charge in [-0.3, -0.25) is 9.69 Å². The number of nitrogens with one attached hydrogen (secondary N) is 1. The van der Waals surface area contributed by atoms with Crippen LogP contribution in [0.1, 0.15) is 25.7 Å². The molecule has 21 heavy (non-hydrogen) atoms. The number of likely N-dealkylation sites (tertiary alicyclic amines) is 2. The van der Waals surface area contributed by atoms with E-state index in [0.717, 1.165) is 19.5 Å². The molecule has 0 radical (unpaired) electrons. The highest BCUT2D eigenvalue weighted by atomic mass is 16.4. The second-order valence-electron chi connectivity index (χ2n) is 5.57. The first-order chi connectivity index (χ1) is 9.97. The van der Waals surface area contributed by atoms with Gasteiger partial charge in [-0.2, -0.15) is 0 Å². The number of hydrogen-bond acceptors (Lipinski definition) is 4. The Bertz CT molecular complexity index is 422. The molecule has 2 fully saturated rings. The van der Waals surface area contributed by atoms with Gasteiger partial charge in [0, 0.05) is 19.1 Å². The minimum atomic E-state index is -1.39. The summed E-state index contributed by atoms with van der Waals surface area (Å²) >= 11 is 0. The molecule has 0 aromatic heterocycles. The summed E-state index contributed by atoms with van der Waals surface area (Å²) in [5.74, 6) is -2.58. The van der Waals surface area contributed by atoms with Crippen LogP contribution in [0.3, 0.4) is 0 Å². The predicted molar refractivity (Wildman–Crippen MR) is 73.0 cm³/mol. The van der Waals surface area contributed by atoms with Crippen molar-refractivity contribution in [1.82, 2.24) is 15.1 Å². The smallest absolute Gasteiger partial charge is 0.326 e. The number of carboxylic acids is 2. The summed E-state index contributed by atoms with van der Waals surface area (Å²) in [4.78, 5) is 37.5. The van der Waals surface area contributed by atoms with E-state index in [1.54, 1.807) is 4.90 Å². The quantitative estimate of drug-likeness (QED) is 0.648. The molecule has 0 aliphatic carbocycles. The normalized spacial score (nSPS) is 24.0. The van der Waals surface area contributed by atoms with Crippen LogP contribution in [-0.2, 0) is 9.59 Å². The van der Waals surface area contributed by atoms with Crippen LogP contribution < -0.4 is 5.32 Å². The van der Waals surface area contributed by atoms with Crippen molar-refractivity contribution in [3.05, 3.63) is 0 Å². The Morgan fingerprint density at radius 3 is 2.38 bits per heavy atom. The summed E-state index contributed by atoms with van der Waals surface area (Å²) < 4.78 is 0. The van der Waals surface area contributed by atoms with E-state index in [-0.39, 0.29) is 0 Å². The van der Waals surface area contributed by atoms with Crippen LogP contribution >= 0.6 is 0 Å². The highest BCUT2D eigenvalue weighted by Crippen LogP contribution is 2.20. The van der Waals surface area contributed by atoms with E-state index in [9.17, 15) is 14.4 Å². The molecule has 8 heteroatoms. The summed E-state index contributed by atoms with van der Waals surface area (Å²) in [7, 11) is 0. The Labute approximate surface area is 122 Å². The SMILES string of the molecule is O=C(O)CC(NC(=O)N1CCC(N2CCCC2)C1)C(=O)O. The van der Waals surface area contributed by atoms with Crippen LogP contribution in [0.25, 0.3) is 0 Å². The molecule has 2 atom stereocenters. The summed E-state index contributed by atoms with van der Waals surface area (Å²) in [5.41, 5.74) is 0. The largest absolute Gasteiger partial charge is 0.481 e. The number of carbonyl (C=O) groups is 3. The molecule has 3 N–H and O–H groups in total. The molecule has 2 amide bonds. The summed E-state index contributed by atoms with van der Waals surface area (Å²) in [6.45, 7) is 3.26. The monoisotopic (exact) mass is 299 g/mol. The van der Waals surface area contributed by atoms with Gasteiger partial charge in [0.2, 0.25) is 0 Å². The van der Waals surface area contributed by atoms with Crippen LogP contribution in [0.15, 0.2) is 0 Å². The Kier molecular flexibility index (Phi) is 5.00. The van der Waals surface area contributed by atoms with Gasteiger partial charge in [-0.25, -0.2) is 9.59 Å². The molecule has 2 rings (SSSR count). The maximum absolute atomic E-state index is 12.0. The molecule has 8 nitrogen and oxygen atoms in total. The lowest BCUT2D eigenvalue weighted by molar-refractivity contribution is -0.145. The van der Waals surface area contributed by atoms with E-state index in [4.69, 9.17) is 10.2 Å². The van der Waals surface area contributed by atoms with Gasteiger partial charge in [0.25, 0.3) is 0 Å². The summed E-state index contributed by atoms with van der Waals surface area (Å²) in [5, 5.41) is 19.9. The third-order valence-electron chi connectivity index (χ3n) is 4.08. The zero-order valence-electron chi connectivity index (χ0n) is 11.8. The molecule has 118 valence electrons. The molecular formula is C13H21N3O5. The summed E-state index contributed by atoms with van der Waals surface area (Å²) in [6.07, 6.45) is 2.62. The Hall–Kier alpha value is -1.83. The van der Waals surface area contributed by atoms with Crippen LogP contribution in [0.2, 0.25) is 0 Å². The zero-order chi connectivity index (χ0) is 15.4. The van der Waals surface area contributed by atoms with Crippen LogP contribution in [0.5, 0.6) is 0 Å². The lowest BCUT2D eigenvalue weighted by atomic mass is 10.2. The van der Waals surface area contributed by atoms with Gasteiger partial charge in [0.1, 0.15) is 6.04 Å². The second-order valence-corrected chi connectivity index (χ2v) is 5.57. The van der Waals surface area contributed by atoms with Gasteiger partial charge in [0.05, 0.1) is 6.42 Å². The predicted octanol–water partition coefficient (Wildman–Crippen LogP) is -0.206. The van der Waals surface area contributed by atoms with E-state index in [1.807, 2.05) is 0 Å². The average Bonchev–Trinajstić information content (AvgIpc) is 3.08. The molecule has 0 aromatic rings. The molecule has 0 saturated carbocycles. The fourth-order valence-corrected chi connectivity index (χ4v) is 2.95. The van der Waals surface area contributed by atoms with Gasteiger partial charge < -0.3 is 20.4 Å². The van der Waals surface area contributed by atoms with E-state index in [2.05, 4.69) is 10.2 Å². The maximum atomic E-state index is 12.0. The number of hydrogen-bond donors (Lipinski definition) is 3. The van der Waals surface area contributed by atoms with Gasteiger partial charge in [-0.05, 0) is 32.4 Å². The van der Waals surface area contributed by atoms with E-state index in [1.165, 1.54) is 12.8 Å². The van der Waals surface area contributed by atoms with Gasteiger partial charge in [-0.1, -0.05) is 0 Å². The van der Waals surface area contributed by atoms with Crippen molar-refractivity contribution in [2.45, 2.75) is 37.8 Å². The number of aliphatic carboxylic acids is 2. The molecule has 2 unspecified atom stereocenters. The van der Waals surface area contributed by atoms with E-state index in [0.29, 0.717) is 19.1 Å². The second kappa shape index (κ2) is 6.75. The molecule has 2 heterocycles. The molecule has 2 aliphatic rings. The molecule has 0 aromatic carbocycles. The lowest BCUT2D eigenvalue weighted by Gasteiger charge is -2.24. The summed E-state index contributed by atoms with van der Waals surface area (Å²) in [6, 6.07) is -1.55. The fraction of sp³-hybridized carbons (Fsp3) is 0.769. The van der Waals surface area contributed by atoms with Crippen molar-refractivity contribution in [3.63, 3.8) is 0 Å². The van der Waals surface area contributed by atoms with Crippen molar-refractivity contribution in [2.75, 3.05) is 26.2 Å². The molecule has 0 spiro atoms. The third-order valence-corrected chi connectivity index (χ3v) is 4.08. The number of carbonyl (C=O) groups excluding carboxylic acids is 1. The third kappa shape index (κ3) is 4.07. The number of nitrogens with zero attached hydrogens (tertiary/aromatic N) is 2. The zero-order valence-corrected chi connectivity index (χ0v) is 11.8. The Morgan fingerprint density at radius 1 is 1.14 bits per heavy atom. The minimum absolute atomic E-state index is 0.334. The van der Waals surface area contributed by atoms with Crippen molar-refractivity contribution < 1.29 is 24.6 Å². The molecule has 0 bridgehead atoms. The van der Waals surface area contributed by atoms with Crippen molar-refractivity contribution in [1.29, 1.82) is 0 Å². The maximum Gasteiger partial charge on any atom is 0.326 e. The molecular weight excluding hydrogens is 278 g/mol. The first-order valence-electron chi connectivity index (χ1n) is 7.21. The van der Waals surface area contributed by atoms with E-state index < -0.39 is 30.4 Å². The van der Waals surface area contributed by atoms with Gasteiger partial charge in [-0.15, -0.1) is 0 Å². The number of urea groups is 1. The van der Waals surface area contributed by atoms with Gasteiger partial charge in [0.15, 0.2) is 0 Å². The number of carboxylic acid groups (broad SMARTS) is 2. The van der Waals surface area contributed by atoms with Crippen LogP contribution in [0.4, 0.5) is 4.79 Å². The van der Waals surface area contributed by atoms with Crippen molar-refractivity contribution >= 4 is 18.0 Å². The molecule has 2 aliphatic heterocycles. The number of amides is 2. The fourth-order valence-electron chi connectivity index (χ4n) is 2.95. The van der Waals surface area contributed by atoms with Crippen molar-refractivity contribution in [2.24, 2.45) is 0 Å². The average molecular weight is 299 g/mol. The first-order valence-corrected chi connectivity index (χ1v) is 7.21. The van der Waals surface area contributed by atoms with Crippen LogP contribution in [-0.4, -0.2) is 76.2 Å². The highest BCUT2D eigenvalue weighted by Gasteiger charge is 2.33. The standard InChI is InChI=1S/C13H21N3O5/c17-11(18)7-10(12(19)20)14-13(21)16-6-3-9(8-16)15-4-1-2-5-15/h9-10H,1-8H2,(H,14,21)(H,17,18)(H,19,20). The number of rotatable bonds is 5. The Morgan fingerprint density at radius 2 is 1.81 bits per heavy atom.